The lowest BCUT2D eigenvalue weighted by Gasteiger charge is -2.16. The lowest BCUT2D eigenvalue weighted by atomic mass is 9.97. The van der Waals surface area contributed by atoms with Gasteiger partial charge in [0.1, 0.15) is 0 Å². The van der Waals surface area contributed by atoms with Crippen molar-refractivity contribution >= 4 is 11.6 Å². The maximum absolute atomic E-state index is 12.6. The standard InChI is InChI=1S/C11H12ClF3O/c1-6(2)8-3-7(5-16)9(4-10(8)12)11(13,14)15/h3-4,6,16H,5H2,1-2H3. The number of halogens is 4. The van der Waals surface area contributed by atoms with Crippen molar-refractivity contribution in [3.05, 3.63) is 33.8 Å². The molecule has 0 saturated heterocycles. The smallest absolute Gasteiger partial charge is 0.392 e. The molecule has 0 fully saturated rings. The molecule has 16 heavy (non-hydrogen) atoms. The zero-order valence-electron chi connectivity index (χ0n) is 8.90. The zero-order valence-corrected chi connectivity index (χ0v) is 9.65. The summed E-state index contributed by atoms with van der Waals surface area (Å²) < 4.78 is 37.7. The molecule has 0 bridgehead atoms. The Morgan fingerprint density at radius 1 is 1.31 bits per heavy atom. The summed E-state index contributed by atoms with van der Waals surface area (Å²) in [7, 11) is 0. The van der Waals surface area contributed by atoms with Crippen molar-refractivity contribution in [2.24, 2.45) is 0 Å². The molecule has 0 heterocycles. The van der Waals surface area contributed by atoms with E-state index in [1.54, 1.807) is 0 Å². The Morgan fingerprint density at radius 3 is 2.25 bits per heavy atom. The van der Waals surface area contributed by atoms with Crippen LogP contribution in [0.15, 0.2) is 12.1 Å². The molecule has 1 rings (SSSR count). The van der Waals surface area contributed by atoms with E-state index in [1.165, 1.54) is 6.07 Å². The van der Waals surface area contributed by atoms with Gasteiger partial charge in [-0.25, -0.2) is 0 Å². The molecule has 0 amide bonds. The van der Waals surface area contributed by atoms with E-state index < -0.39 is 18.3 Å². The lowest BCUT2D eigenvalue weighted by molar-refractivity contribution is -0.138. The van der Waals surface area contributed by atoms with Crippen LogP contribution in [0.2, 0.25) is 5.02 Å². The summed E-state index contributed by atoms with van der Waals surface area (Å²) in [5.41, 5.74) is -0.399. The highest BCUT2D eigenvalue weighted by atomic mass is 35.5. The summed E-state index contributed by atoms with van der Waals surface area (Å²) >= 11 is 5.78. The largest absolute Gasteiger partial charge is 0.416 e. The minimum Gasteiger partial charge on any atom is -0.392 e. The number of hydrogen-bond donors (Lipinski definition) is 1. The van der Waals surface area contributed by atoms with Gasteiger partial charge >= 0.3 is 6.18 Å². The molecule has 0 aromatic heterocycles. The van der Waals surface area contributed by atoms with Crippen LogP contribution in [0.3, 0.4) is 0 Å². The highest BCUT2D eigenvalue weighted by molar-refractivity contribution is 6.31. The van der Waals surface area contributed by atoms with E-state index in [2.05, 4.69) is 0 Å². The van der Waals surface area contributed by atoms with Crippen LogP contribution in [-0.2, 0) is 12.8 Å². The van der Waals surface area contributed by atoms with Crippen molar-refractivity contribution in [1.29, 1.82) is 0 Å². The van der Waals surface area contributed by atoms with Crippen molar-refractivity contribution in [3.8, 4) is 0 Å². The second-order valence-corrected chi connectivity index (χ2v) is 4.25. The number of benzene rings is 1. The fourth-order valence-electron chi connectivity index (χ4n) is 1.47. The second-order valence-electron chi connectivity index (χ2n) is 3.84. The number of hydrogen-bond acceptors (Lipinski definition) is 1. The van der Waals surface area contributed by atoms with E-state index in [-0.39, 0.29) is 16.5 Å². The molecular weight excluding hydrogens is 241 g/mol. The Labute approximate surface area is 96.9 Å². The molecule has 0 atom stereocenters. The Kier molecular flexibility index (Phi) is 3.86. The molecular formula is C11H12ClF3O. The van der Waals surface area contributed by atoms with Crippen LogP contribution in [-0.4, -0.2) is 5.11 Å². The summed E-state index contributed by atoms with van der Waals surface area (Å²) in [6.45, 7) is 3.01. The first-order valence-electron chi connectivity index (χ1n) is 4.77. The first-order chi connectivity index (χ1) is 7.27. The fourth-order valence-corrected chi connectivity index (χ4v) is 1.86. The Hall–Kier alpha value is -0.740. The zero-order chi connectivity index (χ0) is 12.5. The minimum atomic E-state index is -4.49. The lowest BCUT2D eigenvalue weighted by Crippen LogP contribution is -2.10. The number of aliphatic hydroxyl groups is 1. The van der Waals surface area contributed by atoms with Crippen molar-refractivity contribution in [2.75, 3.05) is 0 Å². The number of aliphatic hydroxyl groups excluding tert-OH is 1. The molecule has 1 aromatic rings. The van der Waals surface area contributed by atoms with E-state index in [4.69, 9.17) is 16.7 Å². The van der Waals surface area contributed by atoms with Crippen LogP contribution in [0.4, 0.5) is 13.2 Å². The second kappa shape index (κ2) is 4.63. The molecule has 0 unspecified atom stereocenters. The molecule has 1 N–H and O–H groups in total. The van der Waals surface area contributed by atoms with Crippen LogP contribution in [0.25, 0.3) is 0 Å². The van der Waals surface area contributed by atoms with Crippen molar-refractivity contribution in [2.45, 2.75) is 32.5 Å². The Bertz CT molecular complexity index is 386. The quantitative estimate of drug-likeness (QED) is 0.844. The van der Waals surface area contributed by atoms with E-state index in [0.717, 1.165) is 6.07 Å². The molecule has 5 heteroatoms. The topological polar surface area (TPSA) is 20.2 Å². The average Bonchev–Trinajstić information content (AvgIpc) is 2.15. The van der Waals surface area contributed by atoms with Gasteiger partial charge in [-0.05, 0) is 23.1 Å². The van der Waals surface area contributed by atoms with E-state index in [1.807, 2.05) is 13.8 Å². The highest BCUT2D eigenvalue weighted by Gasteiger charge is 2.34. The first kappa shape index (κ1) is 13.3. The predicted octanol–water partition coefficient (Wildman–Crippen LogP) is 3.97. The van der Waals surface area contributed by atoms with Crippen molar-refractivity contribution in [3.63, 3.8) is 0 Å². The molecule has 0 aliphatic heterocycles. The predicted molar refractivity (Wildman–Crippen MR) is 56.5 cm³/mol. The Morgan fingerprint density at radius 2 is 1.88 bits per heavy atom. The SMILES string of the molecule is CC(C)c1cc(CO)c(C(F)(F)F)cc1Cl. The van der Waals surface area contributed by atoms with Gasteiger partial charge in [-0.3, -0.25) is 0 Å². The highest BCUT2D eigenvalue weighted by Crippen LogP contribution is 2.37. The van der Waals surface area contributed by atoms with Gasteiger partial charge in [-0.1, -0.05) is 31.5 Å². The van der Waals surface area contributed by atoms with E-state index in [9.17, 15) is 13.2 Å². The summed E-state index contributed by atoms with van der Waals surface area (Å²) in [6.07, 6.45) is -4.49. The molecule has 0 radical (unpaired) electrons. The maximum Gasteiger partial charge on any atom is 0.416 e. The summed E-state index contributed by atoms with van der Waals surface area (Å²) in [5.74, 6) is 0.0140. The third kappa shape index (κ3) is 2.68. The third-order valence-corrected chi connectivity index (χ3v) is 2.65. The molecule has 0 aliphatic carbocycles. The van der Waals surface area contributed by atoms with Gasteiger partial charge in [0.2, 0.25) is 0 Å². The van der Waals surface area contributed by atoms with Crippen LogP contribution >= 0.6 is 11.6 Å². The fraction of sp³-hybridized carbons (Fsp3) is 0.455. The first-order valence-corrected chi connectivity index (χ1v) is 5.15. The van der Waals surface area contributed by atoms with Crippen LogP contribution in [0, 0.1) is 0 Å². The number of alkyl halides is 3. The molecule has 1 aromatic carbocycles. The summed E-state index contributed by atoms with van der Waals surface area (Å²) in [5, 5.41) is 9.02. The van der Waals surface area contributed by atoms with Crippen LogP contribution < -0.4 is 0 Å². The van der Waals surface area contributed by atoms with Gasteiger partial charge in [0.15, 0.2) is 0 Å². The molecule has 0 spiro atoms. The van der Waals surface area contributed by atoms with Gasteiger partial charge in [-0.2, -0.15) is 13.2 Å². The molecule has 0 saturated carbocycles. The van der Waals surface area contributed by atoms with Crippen LogP contribution in [0.5, 0.6) is 0 Å². The Balaban J connectivity index is 3.38. The van der Waals surface area contributed by atoms with E-state index in [0.29, 0.717) is 5.56 Å². The minimum absolute atomic E-state index is 0.0140. The van der Waals surface area contributed by atoms with E-state index >= 15 is 0 Å². The molecule has 0 aliphatic rings. The average molecular weight is 253 g/mol. The van der Waals surface area contributed by atoms with Gasteiger partial charge in [0.05, 0.1) is 12.2 Å². The van der Waals surface area contributed by atoms with Crippen molar-refractivity contribution < 1.29 is 18.3 Å². The van der Waals surface area contributed by atoms with Crippen LogP contribution in [0.1, 0.15) is 36.5 Å². The summed E-state index contributed by atoms with van der Waals surface area (Å²) in [4.78, 5) is 0. The molecule has 90 valence electrons. The van der Waals surface area contributed by atoms with Crippen molar-refractivity contribution in [1.82, 2.24) is 0 Å². The third-order valence-electron chi connectivity index (χ3n) is 2.32. The summed E-state index contributed by atoms with van der Waals surface area (Å²) in [6, 6.07) is 2.19. The molecule has 1 nitrogen and oxygen atoms in total. The maximum atomic E-state index is 12.6. The van der Waals surface area contributed by atoms with Gasteiger partial charge in [-0.15, -0.1) is 0 Å². The number of rotatable bonds is 2. The van der Waals surface area contributed by atoms with Gasteiger partial charge in [0.25, 0.3) is 0 Å². The van der Waals surface area contributed by atoms with Gasteiger partial charge in [0, 0.05) is 5.02 Å². The monoisotopic (exact) mass is 252 g/mol. The van der Waals surface area contributed by atoms with Gasteiger partial charge < -0.3 is 5.11 Å². The normalized spacial score (nSPS) is 12.2.